The van der Waals surface area contributed by atoms with Crippen LogP contribution < -0.4 is 5.32 Å². The average Bonchev–Trinajstić information content (AvgIpc) is 2.85. The lowest BCUT2D eigenvalue weighted by atomic mass is 9.89. The lowest BCUT2D eigenvalue weighted by Crippen LogP contribution is -2.37. The van der Waals surface area contributed by atoms with Gasteiger partial charge in [0.2, 0.25) is 0 Å². The first-order chi connectivity index (χ1) is 8.65. The number of carbonyl (C=O) groups excluding carboxylic acids is 1. The van der Waals surface area contributed by atoms with Crippen molar-refractivity contribution >= 4 is 21.8 Å². The number of hydrogen-bond donors (Lipinski definition) is 1. The maximum Gasteiger partial charge on any atom is 0.252 e. The van der Waals surface area contributed by atoms with E-state index in [0.29, 0.717) is 5.56 Å². The Morgan fingerprint density at radius 1 is 1.44 bits per heavy atom. The number of halogens is 1. The molecule has 1 fully saturated rings. The minimum absolute atomic E-state index is 0.0153. The largest absolute Gasteiger partial charge is 0.351 e. The molecule has 0 spiro atoms. The van der Waals surface area contributed by atoms with Gasteiger partial charge in [0.15, 0.2) is 0 Å². The van der Waals surface area contributed by atoms with Crippen LogP contribution in [0.25, 0.3) is 0 Å². The van der Waals surface area contributed by atoms with Gasteiger partial charge in [-0.2, -0.15) is 0 Å². The second kappa shape index (κ2) is 5.83. The highest BCUT2D eigenvalue weighted by Gasteiger charge is 2.33. The van der Waals surface area contributed by atoms with Gasteiger partial charge in [0.1, 0.15) is 0 Å². The number of carbonyl (C=O) groups is 1. The second-order valence-corrected chi connectivity index (χ2v) is 5.84. The molecule has 0 aromatic carbocycles. The standard InChI is InChI=1S/C14H19BrN2O/c1-11-6-12(8-16-7-11)13(18)17-10-14(9-15)4-2-3-5-14/h6-8H,2-5,9-10H2,1H3,(H,17,18). The first kappa shape index (κ1) is 13.5. The topological polar surface area (TPSA) is 42.0 Å². The summed E-state index contributed by atoms with van der Waals surface area (Å²) in [6, 6.07) is 1.87. The van der Waals surface area contributed by atoms with Crippen molar-refractivity contribution in [3.05, 3.63) is 29.6 Å². The summed E-state index contributed by atoms with van der Waals surface area (Å²) in [6.45, 7) is 2.70. The molecule has 0 unspecified atom stereocenters. The monoisotopic (exact) mass is 310 g/mol. The zero-order valence-electron chi connectivity index (χ0n) is 10.7. The molecular weight excluding hydrogens is 292 g/mol. The van der Waals surface area contributed by atoms with Crippen LogP contribution in [0.5, 0.6) is 0 Å². The van der Waals surface area contributed by atoms with E-state index in [1.807, 2.05) is 13.0 Å². The molecule has 2 rings (SSSR count). The molecule has 1 saturated carbocycles. The molecule has 1 aliphatic carbocycles. The summed E-state index contributed by atoms with van der Waals surface area (Å²) >= 11 is 3.59. The van der Waals surface area contributed by atoms with Gasteiger partial charge in [0.25, 0.3) is 5.91 Å². The van der Waals surface area contributed by atoms with Crippen molar-refractivity contribution in [2.24, 2.45) is 5.41 Å². The number of aromatic nitrogens is 1. The van der Waals surface area contributed by atoms with Gasteiger partial charge in [0.05, 0.1) is 5.56 Å². The number of nitrogens with one attached hydrogen (secondary N) is 1. The van der Waals surface area contributed by atoms with E-state index in [9.17, 15) is 4.79 Å². The Labute approximate surface area is 117 Å². The third kappa shape index (κ3) is 3.10. The van der Waals surface area contributed by atoms with E-state index in [2.05, 4.69) is 26.2 Å². The van der Waals surface area contributed by atoms with E-state index >= 15 is 0 Å². The molecule has 1 aromatic heterocycles. The zero-order valence-corrected chi connectivity index (χ0v) is 12.3. The van der Waals surface area contributed by atoms with Crippen molar-refractivity contribution in [3.8, 4) is 0 Å². The van der Waals surface area contributed by atoms with Crippen molar-refractivity contribution in [1.29, 1.82) is 0 Å². The Morgan fingerprint density at radius 3 is 2.78 bits per heavy atom. The van der Waals surface area contributed by atoms with Gasteiger partial charge >= 0.3 is 0 Å². The smallest absolute Gasteiger partial charge is 0.252 e. The number of rotatable bonds is 4. The van der Waals surface area contributed by atoms with Crippen LogP contribution in [0.2, 0.25) is 0 Å². The second-order valence-electron chi connectivity index (χ2n) is 5.27. The summed E-state index contributed by atoms with van der Waals surface area (Å²) in [5.74, 6) is -0.0153. The molecule has 1 N–H and O–H groups in total. The molecule has 0 aliphatic heterocycles. The van der Waals surface area contributed by atoms with Gasteiger partial charge in [0, 0.05) is 24.3 Å². The van der Waals surface area contributed by atoms with E-state index in [1.165, 1.54) is 25.7 Å². The average molecular weight is 311 g/mol. The van der Waals surface area contributed by atoms with E-state index in [0.717, 1.165) is 17.4 Å². The molecule has 3 nitrogen and oxygen atoms in total. The Kier molecular flexibility index (Phi) is 4.38. The van der Waals surface area contributed by atoms with E-state index < -0.39 is 0 Å². The highest BCUT2D eigenvalue weighted by atomic mass is 79.9. The third-order valence-electron chi connectivity index (χ3n) is 3.71. The highest BCUT2D eigenvalue weighted by molar-refractivity contribution is 9.09. The lowest BCUT2D eigenvalue weighted by Gasteiger charge is -2.26. The van der Waals surface area contributed by atoms with Crippen LogP contribution in [-0.4, -0.2) is 22.8 Å². The molecule has 18 heavy (non-hydrogen) atoms. The molecule has 0 saturated heterocycles. The summed E-state index contributed by atoms with van der Waals surface area (Å²) in [7, 11) is 0. The van der Waals surface area contributed by atoms with Crippen LogP contribution >= 0.6 is 15.9 Å². The maximum atomic E-state index is 12.0. The number of hydrogen-bond acceptors (Lipinski definition) is 2. The van der Waals surface area contributed by atoms with Crippen molar-refractivity contribution < 1.29 is 4.79 Å². The van der Waals surface area contributed by atoms with Crippen LogP contribution in [0.3, 0.4) is 0 Å². The summed E-state index contributed by atoms with van der Waals surface area (Å²) in [4.78, 5) is 16.1. The first-order valence-corrected chi connectivity index (χ1v) is 7.53. The van der Waals surface area contributed by atoms with Crippen LogP contribution in [0, 0.1) is 12.3 Å². The van der Waals surface area contributed by atoms with Gasteiger partial charge in [-0.25, -0.2) is 0 Å². The van der Waals surface area contributed by atoms with Gasteiger partial charge < -0.3 is 5.32 Å². The van der Waals surface area contributed by atoms with Crippen LogP contribution in [0.4, 0.5) is 0 Å². The summed E-state index contributed by atoms with van der Waals surface area (Å²) in [5, 5.41) is 4.02. The van der Waals surface area contributed by atoms with E-state index in [1.54, 1.807) is 12.4 Å². The van der Waals surface area contributed by atoms with Crippen LogP contribution in [0.1, 0.15) is 41.6 Å². The predicted octanol–water partition coefficient (Wildman–Crippen LogP) is 3.08. The first-order valence-electron chi connectivity index (χ1n) is 6.41. The molecule has 1 aliphatic rings. The summed E-state index contributed by atoms with van der Waals surface area (Å²) in [5.41, 5.74) is 1.92. The minimum Gasteiger partial charge on any atom is -0.351 e. The van der Waals surface area contributed by atoms with Crippen molar-refractivity contribution in [3.63, 3.8) is 0 Å². The molecule has 4 heteroatoms. The number of aryl methyl sites for hydroxylation is 1. The van der Waals surface area contributed by atoms with Crippen LogP contribution in [-0.2, 0) is 0 Å². The minimum atomic E-state index is -0.0153. The molecular formula is C14H19BrN2O. The van der Waals surface area contributed by atoms with Crippen molar-refractivity contribution in [2.45, 2.75) is 32.6 Å². The van der Waals surface area contributed by atoms with Gasteiger partial charge in [-0.15, -0.1) is 0 Å². The van der Waals surface area contributed by atoms with E-state index in [4.69, 9.17) is 0 Å². The number of pyridine rings is 1. The summed E-state index contributed by atoms with van der Waals surface area (Å²) < 4.78 is 0. The fraction of sp³-hybridized carbons (Fsp3) is 0.571. The molecule has 98 valence electrons. The fourth-order valence-corrected chi connectivity index (χ4v) is 3.29. The SMILES string of the molecule is Cc1cncc(C(=O)NCC2(CBr)CCCC2)c1. The van der Waals surface area contributed by atoms with E-state index in [-0.39, 0.29) is 11.3 Å². The fourth-order valence-electron chi connectivity index (χ4n) is 2.53. The van der Waals surface area contributed by atoms with Crippen molar-refractivity contribution in [2.75, 3.05) is 11.9 Å². The van der Waals surface area contributed by atoms with Crippen molar-refractivity contribution in [1.82, 2.24) is 10.3 Å². The Hall–Kier alpha value is -0.900. The molecule has 0 bridgehead atoms. The number of amides is 1. The summed E-state index contributed by atoms with van der Waals surface area (Å²) in [6.07, 6.45) is 8.32. The Bertz CT molecular complexity index is 428. The molecule has 1 heterocycles. The zero-order chi connectivity index (χ0) is 13.0. The quantitative estimate of drug-likeness (QED) is 0.868. The van der Waals surface area contributed by atoms with Gasteiger partial charge in [-0.3, -0.25) is 9.78 Å². The number of alkyl halides is 1. The maximum absolute atomic E-state index is 12.0. The normalized spacial score (nSPS) is 17.7. The third-order valence-corrected chi connectivity index (χ3v) is 4.90. The highest BCUT2D eigenvalue weighted by Crippen LogP contribution is 2.38. The Morgan fingerprint density at radius 2 is 2.17 bits per heavy atom. The van der Waals surface area contributed by atoms with Gasteiger partial charge in [-0.1, -0.05) is 28.8 Å². The number of nitrogens with zero attached hydrogens (tertiary/aromatic N) is 1. The van der Waals surface area contributed by atoms with Crippen LogP contribution in [0.15, 0.2) is 18.5 Å². The Balaban J connectivity index is 1.96. The lowest BCUT2D eigenvalue weighted by molar-refractivity contribution is 0.0935. The molecule has 1 amide bonds. The molecule has 1 aromatic rings. The molecule has 0 atom stereocenters. The van der Waals surface area contributed by atoms with Gasteiger partial charge in [-0.05, 0) is 36.8 Å². The molecule has 0 radical (unpaired) electrons. The predicted molar refractivity (Wildman–Crippen MR) is 76.0 cm³/mol.